The van der Waals surface area contributed by atoms with Crippen molar-refractivity contribution in [1.82, 2.24) is 10.3 Å². The van der Waals surface area contributed by atoms with E-state index in [2.05, 4.69) is 23.4 Å². The number of rotatable bonds is 4. The van der Waals surface area contributed by atoms with Crippen molar-refractivity contribution < 1.29 is 0 Å². The summed E-state index contributed by atoms with van der Waals surface area (Å²) in [5.74, 6) is 8.07. The minimum absolute atomic E-state index is 0.294. The number of thioether (sulfide) groups is 1. The van der Waals surface area contributed by atoms with Crippen molar-refractivity contribution in [3.63, 3.8) is 0 Å². The van der Waals surface area contributed by atoms with Crippen molar-refractivity contribution in [3.8, 4) is 0 Å². The molecule has 3 N–H and O–H groups in total. The van der Waals surface area contributed by atoms with Gasteiger partial charge in [-0.05, 0) is 19.2 Å². The summed E-state index contributed by atoms with van der Waals surface area (Å²) in [6.07, 6.45) is 0.948. The molecule has 6 heteroatoms. The molecule has 1 aliphatic rings. The molecule has 3 nitrogen and oxygen atoms in total. The Balaban J connectivity index is 2.00. The molecule has 2 atom stereocenters. The van der Waals surface area contributed by atoms with Crippen LogP contribution in [0.3, 0.4) is 0 Å². The van der Waals surface area contributed by atoms with Gasteiger partial charge < -0.3 is 4.90 Å². The number of hydrogen-bond acceptors (Lipinski definition) is 5. The Morgan fingerprint density at radius 2 is 2.47 bits per heavy atom. The number of hydrazine groups is 1. The molecule has 1 fully saturated rings. The van der Waals surface area contributed by atoms with E-state index in [1.165, 1.54) is 10.6 Å². The highest BCUT2D eigenvalue weighted by Gasteiger charge is 2.27. The number of nitrogens with zero attached hydrogens (tertiary/aromatic N) is 1. The highest BCUT2D eigenvalue weighted by atomic mass is 35.5. The molecule has 17 heavy (non-hydrogen) atoms. The third-order valence-electron chi connectivity index (χ3n) is 3.17. The van der Waals surface area contributed by atoms with E-state index in [9.17, 15) is 0 Å². The first kappa shape index (κ1) is 13.6. The molecule has 96 valence electrons. The van der Waals surface area contributed by atoms with E-state index < -0.39 is 0 Å². The van der Waals surface area contributed by atoms with Gasteiger partial charge in [-0.1, -0.05) is 11.6 Å². The first-order valence-electron chi connectivity index (χ1n) is 5.69. The fourth-order valence-electron chi connectivity index (χ4n) is 2.11. The van der Waals surface area contributed by atoms with E-state index in [-0.39, 0.29) is 0 Å². The van der Waals surface area contributed by atoms with Gasteiger partial charge in [-0.25, -0.2) is 0 Å². The largest absolute Gasteiger partial charge is 0.300 e. The number of likely N-dealkylation sites (N-methyl/N-ethyl adjacent to an activating group) is 1. The molecule has 0 amide bonds. The highest BCUT2D eigenvalue weighted by Crippen LogP contribution is 2.25. The predicted octanol–water partition coefficient (Wildman–Crippen LogP) is 1.82. The fraction of sp³-hybridized carbons (Fsp3) is 0.636. The Morgan fingerprint density at radius 3 is 3.06 bits per heavy atom. The first-order chi connectivity index (χ1) is 8.20. The van der Waals surface area contributed by atoms with Gasteiger partial charge in [0, 0.05) is 41.4 Å². The van der Waals surface area contributed by atoms with Gasteiger partial charge in [0.05, 0.1) is 4.34 Å². The number of thiophene rings is 1. The van der Waals surface area contributed by atoms with Crippen LogP contribution in [0.4, 0.5) is 0 Å². The van der Waals surface area contributed by atoms with E-state index in [1.54, 1.807) is 11.3 Å². The molecule has 1 aromatic rings. The van der Waals surface area contributed by atoms with Crippen LogP contribution in [0.25, 0.3) is 0 Å². The Kier molecular flexibility index (Phi) is 5.14. The van der Waals surface area contributed by atoms with Crippen molar-refractivity contribution in [2.45, 2.75) is 18.5 Å². The van der Waals surface area contributed by atoms with E-state index in [4.69, 9.17) is 17.4 Å². The summed E-state index contributed by atoms with van der Waals surface area (Å²) < 4.78 is 0.849. The van der Waals surface area contributed by atoms with Crippen molar-refractivity contribution in [3.05, 3.63) is 21.3 Å². The summed E-state index contributed by atoms with van der Waals surface area (Å²) in [7, 11) is 2.18. The van der Waals surface area contributed by atoms with Crippen LogP contribution in [-0.2, 0) is 6.42 Å². The molecule has 2 heterocycles. The lowest BCUT2D eigenvalue weighted by atomic mass is 10.0. The molecule has 0 aliphatic carbocycles. The lowest BCUT2D eigenvalue weighted by Crippen LogP contribution is -2.55. The van der Waals surface area contributed by atoms with E-state index >= 15 is 0 Å². The van der Waals surface area contributed by atoms with Crippen molar-refractivity contribution in [2.75, 3.05) is 25.1 Å². The summed E-state index contributed by atoms with van der Waals surface area (Å²) >= 11 is 9.60. The van der Waals surface area contributed by atoms with Crippen molar-refractivity contribution >= 4 is 34.7 Å². The summed E-state index contributed by atoms with van der Waals surface area (Å²) in [5, 5.41) is 0. The first-order valence-corrected chi connectivity index (χ1v) is 8.04. The minimum atomic E-state index is 0.294. The van der Waals surface area contributed by atoms with Crippen LogP contribution in [0.15, 0.2) is 12.1 Å². The number of nitrogens with one attached hydrogen (secondary N) is 1. The van der Waals surface area contributed by atoms with Crippen molar-refractivity contribution in [1.29, 1.82) is 0 Å². The molecule has 0 bridgehead atoms. The van der Waals surface area contributed by atoms with Gasteiger partial charge >= 0.3 is 0 Å². The topological polar surface area (TPSA) is 41.3 Å². The van der Waals surface area contributed by atoms with Gasteiger partial charge in [-0.2, -0.15) is 11.8 Å². The maximum atomic E-state index is 5.95. The summed E-state index contributed by atoms with van der Waals surface area (Å²) in [4.78, 5) is 3.69. The van der Waals surface area contributed by atoms with Crippen molar-refractivity contribution in [2.24, 2.45) is 5.84 Å². The molecule has 0 saturated carbocycles. The normalized spacial score (nSPS) is 23.8. The number of nitrogens with two attached hydrogens (primary N) is 1. The molecular weight excluding hydrogens is 274 g/mol. The Bertz CT molecular complexity index is 358. The maximum absolute atomic E-state index is 5.95. The molecule has 2 unspecified atom stereocenters. The third kappa shape index (κ3) is 3.59. The quantitative estimate of drug-likeness (QED) is 0.656. The Labute approximate surface area is 116 Å². The molecule has 1 aliphatic heterocycles. The average molecular weight is 292 g/mol. The standard InChI is InChI=1S/C11H18ClN3S2/c1-15-4-5-16-7-10(15)9(14-13)6-8-2-3-11(12)17-8/h2-3,9-10,14H,4-7,13H2,1H3. The van der Waals surface area contributed by atoms with E-state index in [1.807, 2.05) is 17.8 Å². The molecular formula is C11H18ClN3S2. The van der Waals surface area contributed by atoms with Crippen LogP contribution >= 0.6 is 34.7 Å². The van der Waals surface area contributed by atoms with E-state index in [0.717, 1.165) is 23.1 Å². The van der Waals surface area contributed by atoms with Gasteiger partial charge in [-0.15, -0.1) is 11.3 Å². The Morgan fingerprint density at radius 1 is 1.65 bits per heavy atom. The van der Waals surface area contributed by atoms with Crippen LogP contribution in [0, 0.1) is 0 Å². The third-order valence-corrected chi connectivity index (χ3v) is 5.47. The number of halogens is 1. The van der Waals surface area contributed by atoms with Crippen LogP contribution in [-0.4, -0.2) is 42.1 Å². The van der Waals surface area contributed by atoms with Crippen LogP contribution < -0.4 is 11.3 Å². The Hall–Kier alpha value is 0.220. The molecule has 1 saturated heterocycles. The highest BCUT2D eigenvalue weighted by molar-refractivity contribution is 7.99. The van der Waals surface area contributed by atoms with Gasteiger partial charge in [0.15, 0.2) is 0 Å². The monoisotopic (exact) mass is 291 g/mol. The molecule has 0 spiro atoms. The number of hydrogen-bond donors (Lipinski definition) is 2. The van der Waals surface area contributed by atoms with Crippen LogP contribution in [0.5, 0.6) is 0 Å². The summed E-state index contributed by atoms with van der Waals surface area (Å²) in [6.45, 7) is 1.14. The van der Waals surface area contributed by atoms with E-state index in [0.29, 0.717) is 12.1 Å². The van der Waals surface area contributed by atoms with Gasteiger partial charge in [0.25, 0.3) is 0 Å². The van der Waals surface area contributed by atoms with Gasteiger partial charge in [0.2, 0.25) is 0 Å². The molecule has 1 aromatic heterocycles. The van der Waals surface area contributed by atoms with Gasteiger partial charge in [0.1, 0.15) is 0 Å². The molecule has 0 aromatic carbocycles. The second-order valence-electron chi connectivity index (χ2n) is 4.31. The summed E-state index contributed by atoms with van der Waals surface area (Å²) in [5.41, 5.74) is 2.97. The van der Waals surface area contributed by atoms with Gasteiger partial charge in [-0.3, -0.25) is 11.3 Å². The second kappa shape index (κ2) is 6.41. The fourth-order valence-corrected chi connectivity index (χ4v) is 4.57. The molecule has 0 radical (unpaired) electrons. The summed E-state index contributed by atoms with van der Waals surface area (Å²) in [6, 6.07) is 4.84. The maximum Gasteiger partial charge on any atom is 0.0931 e. The lowest BCUT2D eigenvalue weighted by Gasteiger charge is -2.37. The second-order valence-corrected chi connectivity index (χ2v) is 7.26. The molecule has 2 rings (SSSR count). The van der Waals surface area contributed by atoms with Crippen LogP contribution in [0.2, 0.25) is 4.34 Å². The average Bonchev–Trinajstić information content (AvgIpc) is 2.73. The zero-order valence-corrected chi connectivity index (χ0v) is 12.2. The smallest absolute Gasteiger partial charge is 0.0931 e. The predicted molar refractivity (Wildman–Crippen MR) is 77.9 cm³/mol. The zero-order chi connectivity index (χ0) is 12.3. The lowest BCUT2D eigenvalue weighted by molar-refractivity contribution is 0.214. The SMILES string of the molecule is CN1CCSCC1C(Cc1ccc(Cl)s1)NN. The van der Waals surface area contributed by atoms with Crippen LogP contribution in [0.1, 0.15) is 4.88 Å². The minimum Gasteiger partial charge on any atom is -0.300 e. The zero-order valence-electron chi connectivity index (χ0n) is 9.86.